The number of rotatable bonds is 7. The van der Waals surface area contributed by atoms with Crippen LogP contribution in [0.4, 0.5) is 0 Å². The fourth-order valence-electron chi connectivity index (χ4n) is 2.28. The van der Waals surface area contributed by atoms with Crippen molar-refractivity contribution in [3.63, 3.8) is 0 Å². The summed E-state index contributed by atoms with van der Waals surface area (Å²) >= 11 is 7.88. The van der Waals surface area contributed by atoms with Crippen LogP contribution >= 0.6 is 23.4 Å². The lowest BCUT2D eigenvalue weighted by atomic mass is 10.2. The minimum Gasteiger partial charge on any atom is -0.325 e. The minimum atomic E-state index is 0.449. The molecule has 3 nitrogen and oxygen atoms in total. The van der Waals surface area contributed by atoms with Gasteiger partial charge in [-0.3, -0.25) is 4.98 Å². The van der Waals surface area contributed by atoms with Gasteiger partial charge >= 0.3 is 0 Å². The number of nitrogens with zero attached hydrogens (tertiary/aromatic N) is 3. The fraction of sp³-hybridized carbons (Fsp3) is 0.571. The zero-order valence-corrected chi connectivity index (χ0v) is 13.0. The Morgan fingerprint density at radius 3 is 3.05 bits per heavy atom. The SMILES string of the molecule is CCSCCC(C)n1c(CCCl)nc2cnccc21. The number of hydrogen-bond donors (Lipinski definition) is 0. The van der Waals surface area contributed by atoms with E-state index < -0.39 is 0 Å². The summed E-state index contributed by atoms with van der Waals surface area (Å²) in [4.78, 5) is 8.81. The van der Waals surface area contributed by atoms with E-state index >= 15 is 0 Å². The van der Waals surface area contributed by atoms with Crippen molar-refractivity contribution in [1.82, 2.24) is 14.5 Å². The predicted molar refractivity (Wildman–Crippen MR) is 84.3 cm³/mol. The molecule has 1 atom stereocenters. The molecule has 2 rings (SSSR count). The zero-order chi connectivity index (χ0) is 13.7. The van der Waals surface area contributed by atoms with Gasteiger partial charge in [0.1, 0.15) is 11.3 Å². The maximum atomic E-state index is 5.89. The van der Waals surface area contributed by atoms with Crippen molar-refractivity contribution in [2.24, 2.45) is 0 Å². The van der Waals surface area contributed by atoms with Crippen LogP contribution in [0, 0.1) is 0 Å². The lowest BCUT2D eigenvalue weighted by molar-refractivity contribution is 0.528. The number of pyridine rings is 1. The predicted octanol–water partition coefficient (Wildman–Crippen LogP) is 3.92. The first kappa shape index (κ1) is 14.7. The van der Waals surface area contributed by atoms with Crippen molar-refractivity contribution in [1.29, 1.82) is 0 Å². The van der Waals surface area contributed by atoms with E-state index in [9.17, 15) is 0 Å². The maximum absolute atomic E-state index is 5.89. The van der Waals surface area contributed by atoms with E-state index in [-0.39, 0.29) is 0 Å². The molecule has 0 saturated heterocycles. The van der Waals surface area contributed by atoms with Crippen LogP contribution in [-0.4, -0.2) is 31.9 Å². The second-order valence-corrected chi connectivity index (χ2v) is 6.31. The van der Waals surface area contributed by atoms with Gasteiger partial charge in [-0.25, -0.2) is 4.98 Å². The third-order valence-electron chi connectivity index (χ3n) is 3.21. The Hall–Kier alpha value is -0.740. The van der Waals surface area contributed by atoms with Crippen molar-refractivity contribution in [3.8, 4) is 0 Å². The Balaban J connectivity index is 2.29. The van der Waals surface area contributed by atoms with Crippen LogP contribution in [0.15, 0.2) is 18.5 Å². The summed E-state index contributed by atoms with van der Waals surface area (Å²) in [6.45, 7) is 4.46. The Kier molecular flexibility index (Phi) is 5.52. The van der Waals surface area contributed by atoms with Gasteiger partial charge in [0, 0.05) is 24.5 Å². The number of aromatic nitrogens is 3. The lowest BCUT2D eigenvalue weighted by Crippen LogP contribution is -2.11. The van der Waals surface area contributed by atoms with Gasteiger partial charge in [0.05, 0.1) is 11.7 Å². The van der Waals surface area contributed by atoms with Crippen molar-refractivity contribution in [2.75, 3.05) is 17.4 Å². The third-order valence-corrected chi connectivity index (χ3v) is 4.33. The number of thioether (sulfide) groups is 1. The highest BCUT2D eigenvalue weighted by molar-refractivity contribution is 7.99. The maximum Gasteiger partial charge on any atom is 0.111 e. The van der Waals surface area contributed by atoms with Crippen molar-refractivity contribution >= 4 is 34.4 Å². The smallest absolute Gasteiger partial charge is 0.111 e. The molecule has 0 bridgehead atoms. The van der Waals surface area contributed by atoms with Crippen LogP contribution in [0.5, 0.6) is 0 Å². The van der Waals surface area contributed by atoms with Crippen molar-refractivity contribution in [2.45, 2.75) is 32.7 Å². The summed E-state index contributed by atoms with van der Waals surface area (Å²) in [5.74, 6) is 4.04. The van der Waals surface area contributed by atoms with Crippen LogP contribution in [0.2, 0.25) is 0 Å². The first-order valence-corrected chi connectivity index (χ1v) is 8.41. The molecule has 0 fully saturated rings. The largest absolute Gasteiger partial charge is 0.325 e. The van der Waals surface area contributed by atoms with E-state index in [1.54, 1.807) is 0 Å². The number of aryl methyl sites for hydroxylation is 1. The molecule has 0 aliphatic carbocycles. The molecule has 0 N–H and O–H groups in total. The van der Waals surface area contributed by atoms with Crippen molar-refractivity contribution < 1.29 is 0 Å². The Labute approximate surface area is 123 Å². The molecule has 0 amide bonds. The van der Waals surface area contributed by atoms with Crippen LogP contribution in [0.25, 0.3) is 11.0 Å². The average molecular weight is 298 g/mol. The second-order valence-electron chi connectivity index (χ2n) is 4.54. The molecular weight excluding hydrogens is 278 g/mol. The lowest BCUT2D eigenvalue weighted by Gasteiger charge is -2.17. The summed E-state index contributed by atoms with van der Waals surface area (Å²) in [6, 6.07) is 2.49. The molecule has 5 heteroatoms. The Bertz CT molecular complexity index is 526. The molecule has 2 heterocycles. The van der Waals surface area contributed by atoms with E-state index in [1.165, 1.54) is 17.0 Å². The van der Waals surface area contributed by atoms with E-state index in [4.69, 9.17) is 11.6 Å². The van der Waals surface area contributed by atoms with E-state index in [2.05, 4.69) is 28.4 Å². The van der Waals surface area contributed by atoms with Crippen LogP contribution in [0.1, 0.15) is 32.1 Å². The number of imidazole rings is 1. The Morgan fingerprint density at radius 2 is 2.32 bits per heavy atom. The van der Waals surface area contributed by atoms with Gasteiger partial charge < -0.3 is 4.57 Å². The molecule has 0 aliphatic heterocycles. The molecule has 0 aliphatic rings. The van der Waals surface area contributed by atoms with Crippen LogP contribution < -0.4 is 0 Å². The summed E-state index contributed by atoms with van der Waals surface area (Å²) in [7, 11) is 0. The fourth-order valence-corrected chi connectivity index (χ4v) is 3.25. The number of alkyl halides is 1. The van der Waals surface area contributed by atoms with E-state index in [1.807, 2.05) is 30.2 Å². The molecule has 104 valence electrons. The highest BCUT2D eigenvalue weighted by Gasteiger charge is 2.15. The normalized spacial score (nSPS) is 13.0. The molecule has 2 aromatic heterocycles. The van der Waals surface area contributed by atoms with E-state index in [0.29, 0.717) is 11.9 Å². The topological polar surface area (TPSA) is 30.7 Å². The molecule has 2 aromatic rings. The van der Waals surface area contributed by atoms with Gasteiger partial charge in [-0.15, -0.1) is 11.6 Å². The standard InChI is InChI=1S/C14H20ClN3S/c1-3-19-9-6-11(2)18-13-5-8-16-10-12(13)17-14(18)4-7-15/h5,8,10-11H,3-4,6-7,9H2,1-2H3. The van der Waals surface area contributed by atoms with Crippen LogP contribution in [-0.2, 0) is 6.42 Å². The van der Waals surface area contributed by atoms with Crippen molar-refractivity contribution in [3.05, 3.63) is 24.3 Å². The highest BCUT2D eigenvalue weighted by Crippen LogP contribution is 2.24. The number of hydrogen-bond acceptors (Lipinski definition) is 3. The molecule has 0 radical (unpaired) electrons. The molecule has 0 saturated carbocycles. The monoisotopic (exact) mass is 297 g/mol. The zero-order valence-electron chi connectivity index (χ0n) is 11.5. The van der Waals surface area contributed by atoms with E-state index in [0.717, 1.165) is 24.2 Å². The third kappa shape index (κ3) is 3.42. The van der Waals surface area contributed by atoms with Gasteiger partial charge in [0.25, 0.3) is 0 Å². The average Bonchev–Trinajstić information content (AvgIpc) is 2.77. The number of halogens is 1. The molecule has 0 aromatic carbocycles. The molecule has 1 unspecified atom stereocenters. The van der Waals surface area contributed by atoms with Gasteiger partial charge in [-0.05, 0) is 30.9 Å². The molecule has 19 heavy (non-hydrogen) atoms. The summed E-state index contributed by atoms with van der Waals surface area (Å²) in [5, 5.41) is 0. The quantitative estimate of drug-likeness (QED) is 0.573. The first-order chi connectivity index (χ1) is 9.27. The van der Waals surface area contributed by atoms with Crippen LogP contribution in [0.3, 0.4) is 0 Å². The minimum absolute atomic E-state index is 0.449. The molecular formula is C14H20ClN3S. The van der Waals surface area contributed by atoms with Gasteiger partial charge in [0.15, 0.2) is 0 Å². The number of fused-ring (bicyclic) bond motifs is 1. The summed E-state index contributed by atoms with van der Waals surface area (Å²) < 4.78 is 2.33. The summed E-state index contributed by atoms with van der Waals surface area (Å²) in [5.41, 5.74) is 2.14. The molecule has 0 spiro atoms. The Morgan fingerprint density at radius 1 is 1.47 bits per heavy atom. The first-order valence-electron chi connectivity index (χ1n) is 6.72. The highest BCUT2D eigenvalue weighted by atomic mass is 35.5. The summed E-state index contributed by atoms with van der Waals surface area (Å²) in [6.07, 6.45) is 5.62. The van der Waals surface area contributed by atoms with Gasteiger partial charge in [0.2, 0.25) is 0 Å². The second kappa shape index (κ2) is 7.15. The van der Waals surface area contributed by atoms with Gasteiger partial charge in [-0.1, -0.05) is 6.92 Å². The van der Waals surface area contributed by atoms with Gasteiger partial charge in [-0.2, -0.15) is 11.8 Å².